The SMILES string of the molecule is COc1ccc(CCn2cccc2CCN)cc1OC. The van der Waals surface area contributed by atoms with Crippen LogP contribution in [-0.2, 0) is 19.4 Å². The van der Waals surface area contributed by atoms with Crippen LogP contribution < -0.4 is 15.2 Å². The Balaban J connectivity index is 2.05. The van der Waals surface area contributed by atoms with E-state index in [4.69, 9.17) is 15.2 Å². The van der Waals surface area contributed by atoms with Crippen molar-refractivity contribution in [3.05, 3.63) is 47.8 Å². The van der Waals surface area contributed by atoms with Gasteiger partial charge in [-0.3, -0.25) is 0 Å². The van der Waals surface area contributed by atoms with Gasteiger partial charge in [0.15, 0.2) is 11.5 Å². The molecule has 2 N–H and O–H groups in total. The van der Waals surface area contributed by atoms with Crippen LogP contribution in [0.5, 0.6) is 11.5 Å². The molecule has 0 bridgehead atoms. The summed E-state index contributed by atoms with van der Waals surface area (Å²) in [6.45, 7) is 1.62. The number of hydrogen-bond acceptors (Lipinski definition) is 3. The predicted octanol–water partition coefficient (Wildman–Crippen LogP) is 2.25. The van der Waals surface area contributed by atoms with Crippen molar-refractivity contribution in [2.75, 3.05) is 20.8 Å². The molecule has 0 aliphatic rings. The maximum Gasteiger partial charge on any atom is 0.160 e. The summed E-state index contributed by atoms with van der Waals surface area (Å²) in [6.07, 6.45) is 3.97. The van der Waals surface area contributed by atoms with Crippen molar-refractivity contribution < 1.29 is 9.47 Å². The molecule has 0 fully saturated rings. The number of rotatable bonds is 7. The van der Waals surface area contributed by atoms with Crippen molar-refractivity contribution in [3.8, 4) is 11.5 Å². The van der Waals surface area contributed by atoms with E-state index in [0.29, 0.717) is 6.54 Å². The molecule has 0 atom stereocenters. The number of benzene rings is 1. The van der Waals surface area contributed by atoms with Crippen LogP contribution >= 0.6 is 0 Å². The van der Waals surface area contributed by atoms with Gasteiger partial charge in [0.05, 0.1) is 14.2 Å². The first kappa shape index (κ1) is 14.5. The summed E-state index contributed by atoms with van der Waals surface area (Å²) in [7, 11) is 3.31. The van der Waals surface area contributed by atoms with Crippen molar-refractivity contribution in [3.63, 3.8) is 0 Å². The predicted molar refractivity (Wildman–Crippen MR) is 80.4 cm³/mol. The van der Waals surface area contributed by atoms with Gasteiger partial charge in [-0.1, -0.05) is 6.07 Å². The standard InChI is InChI=1S/C16H22N2O2/c1-19-15-6-5-13(12-16(15)20-2)8-11-18-10-3-4-14(18)7-9-17/h3-6,10,12H,7-9,11,17H2,1-2H3. The molecule has 0 radical (unpaired) electrons. The molecule has 2 rings (SSSR count). The lowest BCUT2D eigenvalue weighted by atomic mass is 10.1. The first-order valence-electron chi connectivity index (χ1n) is 6.83. The van der Waals surface area contributed by atoms with Crippen LogP contribution in [0.15, 0.2) is 36.5 Å². The average molecular weight is 274 g/mol. The average Bonchev–Trinajstić information content (AvgIpc) is 2.92. The lowest BCUT2D eigenvalue weighted by Crippen LogP contribution is -2.09. The number of methoxy groups -OCH3 is 2. The van der Waals surface area contributed by atoms with Gasteiger partial charge in [0.25, 0.3) is 0 Å². The molecule has 0 amide bonds. The molecule has 20 heavy (non-hydrogen) atoms. The topological polar surface area (TPSA) is 49.4 Å². The van der Waals surface area contributed by atoms with Gasteiger partial charge in [-0.15, -0.1) is 0 Å². The summed E-state index contributed by atoms with van der Waals surface area (Å²) in [5.74, 6) is 1.54. The Hall–Kier alpha value is -1.94. The van der Waals surface area contributed by atoms with Crippen LogP contribution in [0.2, 0.25) is 0 Å². The Bertz CT molecular complexity index is 549. The van der Waals surface area contributed by atoms with Crippen LogP contribution in [-0.4, -0.2) is 25.3 Å². The highest BCUT2D eigenvalue weighted by molar-refractivity contribution is 5.42. The van der Waals surface area contributed by atoms with E-state index in [1.165, 1.54) is 11.3 Å². The van der Waals surface area contributed by atoms with E-state index in [2.05, 4.69) is 29.0 Å². The Morgan fingerprint density at radius 1 is 1.05 bits per heavy atom. The summed E-state index contributed by atoms with van der Waals surface area (Å²) in [5, 5.41) is 0. The molecule has 0 aliphatic heterocycles. The molecule has 0 saturated carbocycles. The van der Waals surface area contributed by atoms with E-state index in [0.717, 1.165) is 30.9 Å². The van der Waals surface area contributed by atoms with Crippen molar-refractivity contribution >= 4 is 0 Å². The van der Waals surface area contributed by atoms with Crippen LogP contribution in [0.25, 0.3) is 0 Å². The maximum absolute atomic E-state index is 5.62. The van der Waals surface area contributed by atoms with Crippen molar-refractivity contribution in [1.82, 2.24) is 4.57 Å². The van der Waals surface area contributed by atoms with E-state index in [-0.39, 0.29) is 0 Å². The highest BCUT2D eigenvalue weighted by atomic mass is 16.5. The number of aryl methyl sites for hydroxylation is 2. The third kappa shape index (κ3) is 3.33. The van der Waals surface area contributed by atoms with Gasteiger partial charge in [0, 0.05) is 18.4 Å². The molecule has 0 aliphatic carbocycles. The number of nitrogens with two attached hydrogens (primary N) is 1. The Morgan fingerprint density at radius 3 is 2.55 bits per heavy atom. The van der Waals surface area contributed by atoms with Crippen LogP contribution in [0, 0.1) is 0 Å². The number of hydrogen-bond donors (Lipinski definition) is 1. The maximum atomic E-state index is 5.62. The molecule has 4 nitrogen and oxygen atoms in total. The van der Waals surface area contributed by atoms with Crippen molar-refractivity contribution in [1.29, 1.82) is 0 Å². The third-order valence-electron chi connectivity index (χ3n) is 3.41. The first-order valence-corrected chi connectivity index (χ1v) is 6.83. The monoisotopic (exact) mass is 274 g/mol. The first-order chi connectivity index (χ1) is 9.78. The zero-order valence-corrected chi connectivity index (χ0v) is 12.1. The van der Waals surface area contributed by atoms with Gasteiger partial charge in [-0.05, 0) is 49.2 Å². The summed E-state index contributed by atoms with van der Waals surface area (Å²) in [6, 6.07) is 10.3. The molecule has 108 valence electrons. The quantitative estimate of drug-likeness (QED) is 0.842. The molecular formula is C16H22N2O2. The van der Waals surface area contributed by atoms with Gasteiger partial charge < -0.3 is 19.8 Å². The number of aromatic nitrogens is 1. The molecule has 4 heteroatoms. The van der Waals surface area contributed by atoms with Crippen LogP contribution in [0.1, 0.15) is 11.3 Å². The molecule has 1 aromatic heterocycles. The molecule has 0 saturated heterocycles. The third-order valence-corrected chi connectivity index (χ3v) is 3.41. The highest BCUT2D eigenvalue weighted by Crippen LogP contribution is 2.27. The normalized spacial score (nSPS) is 10.6. The minimum atomic E-state index is 0.681. The minimum absolute atomic E-state index is 0.681. The molecule has 1 heterocycles. The minimum Gasteiger partial charge on any atom is -0.493 e. The highest BCUT2D eigenvalue weighted by Gasteiger charge is 2.05. The van der Waals surface area contributed by atoms with Gasteiger partial charge in [-0.2, -0.15) is 0 Å². The summed E-state index contributed by atoms with van der Waals surface area (Å²) in [4.78, 5) is 0. The lowest BCUT2D eigenvalue weighted by molar-refractivity contribution is 0.354. The largest absolute Gasteiger partial charge is 0.493 e. The van der Waals surface area contributed by atoms with Gasteiger partial charge in [-0.25, -0.2) is 0 Å². The molecule has 0 unspecified atom stereocenters. The van der Waals surface area contributed by atoms with E-state index in [1.54, 1.807) is 14.2 Å². The van der Waals surface area contributed by atoms with Crippen LogP contribution in [0.4, 0.5) is 0 Å². The van der Waals surface area contributed by atoms with Gasteiger partial charge in [0.1, 0.15) is 0 Å². The lowest BCUT2D eigenvalue weighted by Gasteiger charge is -2.11. The van der Waals surface area contributed by atoms with Crippen molar-refractivity contribution in [2.24, 2.45) is 5.73 Å². The Labute approximate surface area is 120 Å². The molecular weight excluding hydrogens is 252 g/mol. The second-order valence-corrected chi connectivity index (χ2v) is 4.67. The van der Waals surface area contributed by atoms with Crippen molar-refractivity contribution in [2.45, 2.75) is 19.4 Å². The van der Waals surface area contributed by atoms with E-state index >= 15 is 0 Å². The fourth-order valence-corrected chi connectivity index (χ4v) is 2.33. The summed E-state index contributed by atoms with van der Waals surface area (Å²) in [5.41, 5.74) is 8.14. The zero-order valence-electron chi connectivity index (χ0n) is 12.1. The second kappa shape index (κ2) is 7.01. The molecule has 1 aromatic carbocycles. The Morgan fingerprint density at radius 2 is 1.85 bits per heavy atom. The molecule has 2 aromatic rings. The van der Waals surface area contributed by atoms with E-state index in [1.807, 2.05) is 12.1 Å². The van der Waals surface area contributed by atoms with E-state index in [9.17, 15) is 0 Å². The summed E-state index contributed by atoms with van der Waals surface area (Å²) < 4.78 is 12.8. The van der Waals surface area contributed by atoms with Gasteiger partial charge in [0.2, 0.25) is 0 Å². The smallest absolute Gasteiger partial charge is 0.160 e. The fourth-order valence-electron chi connectivity index (χ4n) is 2.33. The fraction of sp³-hybridized carbons (Fsp3) is 0.375. The van der Waals surface area contributed by atoms with Gasteiger partial charge >= 0.3 is 0 Å². The van der Waals surface area contributed by atoms with Crippen LogP contribution in [0.3, 0.4) is 0 Å². The zero-order chi connectivity index (χ0) is 14.4. The number of ether oxygens (including phenoxy) is 2. The second-order valence-electron chi connectivity index (χ2n) is 4.67. The molecule has 0 spiro atoms. The Kier molecular flexibility index (Phi) is 5.07. The number of nitrogens with zero attached hydrogens (tertiary/aromatic N) is 1. The summed E-state index contributed by atoms with van der Waals surface area (Å²) >= 11 is 0. The van der Waals surface area contributed by atoms with E-state index < -0.39 is 0 Å².